The summed E-state index contributed by atoms with van der Waals surface area (Å²) in [6.07, 6.45) is 0. The molecule has 0 heterocycles. The fourth-order valence-corrected chi connectivity index (χ4v) is 1.61. The molecule has 19 heavy (non-hydrogen) atoms. The first kappa shape index (κ1) is 13.0. The maximum Gasteiger partial charge on any atom is 0.308 e. The largest absolute Gasteiger partial charge is 0.497 e. The topological polar surface area (TPSA) is 47.6 Å². The highest BCUT2D eigenvalue weighted by Crippen LogP contribution is 2.22. The van der Waals surface area contributed by atoms with E-state index in [4.69, 9.17) is 9.47 Å². The molecule has 0 aromatic heterocycles. The zero-order chi connectivity index (χ0) is 13.7. The summed E-state index contributed by atoms with van der Waals surface area (Å²) in [6.45, 7) is 1.38. The Morgan fingerprint density at radius 2 is 1.37 bits per heavy atom. The predicted molar refractivity (Wildman–Crippen MR) is 74.0 cm³/mol. The second-order valence-electron chi connectivity index (χ2n) is 3.97. The first-order chi connectivity index (χ1) is 9.17. The lowest BCUT2D eigenvalue weighted by molar-refractivity contribution is -0.131. The van der Waals surface area contributed by atoms with Gasteiger partial charge in [-0.05, 0) is 48.5 Å². The van der Waals surface area contributed by atoms with Gasteiger partial charge in [0.25, 0.3) is 0 Å². The molecule has 0 aliphatic carbocycles. The van der Waals surface area contributed by atoms with E-state index in [0.29, 0.717) is 5.75 Å². The van der Waals surface area contributed by atoms with Gasteiger partial charge in [-0.1, -0.05) is 0 Å². The van der Waals surface area contributed by atoms with E-state index in [0.717, 1.165) is 17.1 Å². The van der Waals surface area contributed by atoms with Crippen molar-refractivity contribution in [1.29, 1.82) is 0 Å². The second kappa shape index (κ2) is 5.91. The highest BCUT2D eigenvalue weighted by atomic mass is 16.5. The molecule has 2 rings (SSSR count). The molecule has 0 atom stereocenters. The summed E-state index contributed by atoms with van der Waals surface area (Å²) in [5.41, 5.74) is 1.88. The second-order valence-corrected chi connectivity index (χ2v) is 3.97. The monoisotopic (exact) mass is 257 g/mol. The lowest BCUT2D eigenvalue weighted by atomic mass is 10.2. The van der Waals surface area contributed by atoms with Crippen LogP contribution in [0.4, 0.5) is 11.4 Å². The highest BCUT2D eigenvalue weighted by molar-refractivity contribution is 5.70. The molecule has 0 radical (unpaired) electrons. The van der Waals surface area contributed by atoms with Crippen LogP contribution < -0.4 is 14.8 Å². The van der Waals surface area contributed by atoms with Crippen molar-refractivity contribution in [2.75, 3.05) is 12.4 Å². The Balaban J connectivity index is 2.04. The number of rotatable bonds is 4. The van der Waals surface area contributed by atoms with Gasteiger partial charge in [-0.15, -0.1) is 0 Å². The molecule has 1 N–H and O–H groups in total. The van der Waals surface area contributed by atoms with E-state index in [9.17, 15) is 4.79 Å². The van der Waals surface area contributed by atoms with E-state index in [1.165, 1.54) is 6.92 Å². The fourth-order valence-electron chi connectivity index (χ4n) is 1.61. The van der Waals surface area contributed by atoms with E-state index in [2.05, 4.69) is 5.32 Å². The number of hydrogen-bond donors (Lipinski definition) is 1. The minimum Gasteiger partial charge on any atom is -0.497 e. The number of hydrogen-bond acceptors (Lipinski definition) is 4. The van der Waals surface area contributed by atoms with Crippen LogP contribution in [0.3, 0.4) is 0 Å². The van der Waals surface area contributed by atoms with Crippen LogP contribution in [-0.2, 0) is 4.79 Å². The first-order valence-corrected chi connectivity index (χ1v) is 5.87. The number of ether oxygens (including phenoxy) is 2. The molecule has 2 aromatic carbocycles. The molecular weight excluding hydrogens is 242 g/mol. The molecule has 0 fully saturated rings. The molecule has 98 valence electrons. The van der Waals surface area contributed by atoms with Crippen LogP contribution in [0.1, 0.15) is 6.92 Å². The molecule has 2 aromatic rings. The molecule has 4 heteroatoms. The molecule has 0 saturated heterocycles. The number of methoxy groups -OCH3 is 1. The van der Waals surface area contributed by atoms with Gasteiger partial charge in [0.15, 0.2) is 0 Å². The highest BCUT2D eigenvalue weighted by Gasteiger charge is 1.99. The number of anilines is 2. The first-order valence-electron chi connectivity index (χ1n) is 5.87. The predicted octanol–water partition coefficient (Wildman–Crippen LogP) is 3.36. The number of carbonyl (C=O) groups excluding carboxylic acids is 1. The van der Waals surface area contributed by atoms with Gasteiger partial charge < -0.3 is 14.8 Å². The standard InChI is InChI=1S/C15H15NO3/c1-11(17)19-15-9-5-13(6-10-15)16-12-3-7-14(18-2)8-4-12/h3-10,16H,1-2H3. The average molecular weight is 257 g/mol. The molecular formula is C15H15NO3. The van der Waals surface area contributed by atoms with Gasteiger partial charge in [0.1, 0.15) is 11.5 Å². The van der Waals surface area contributed by atoms with Crippen molar-refractivity contribution >= 4 is 17.3 Å². The molecule has 0 unspecified atom stereocenters. The lowest BCUT2D eigenvalue weighted by Crippen LogP contribution is -2.01. The third-order valence-electron chi connectivity index (χ3n) is 2.49. The van der Waals surface area contributed by atoms with Crippen molar-refractivity contribution in [3.8, 4) is 11.5 Å². The molecule has 4 nitrogen and oxygen atoms in total. The zero-order valence-corrected chi connectivity index (χ0v) is 10.8. The van der Waals surface area contributed by atoms with Crippen LogP contribution in [-0.4, -0.2) is 13.1 Å². The third kappa shape index (κ3) is 3.74. The van der Waals surface area contributed by atoms with Crippen LogP contribution in [0.2, 0.25) is 0 Å². The number of benzene rings is 2. The maximum atomic E-state index is 10.8. The van der Waals surface area contributed by atoms with Gasteiger partial charge in [-0.2, -0.15) is 0 Å². The summed E-state index contributed by atoms with van der Waals surface area (Å²) in [7, 11) is 1.64. The van der Waals surface area contributed by atoms with Crippen molar-refractivity contribution in [3.63, 3.8) is 0 Å². The molecule has 0 saturated carbocycles. The Morgan fingerprint density at radius 1 is 0.895 bits per heavy atom. The van der Waals surface area contributed by atoms with E-state index < -0.39 is 0 Å². The fraction of sp³-hybridized carbons (Fsp3) is 0.133. The number of esters is 1. The van der Waals surface area contributed by atoms with Crippen LogP contribution in [0.5, 0.6) is 11.5 Å². The Hall–Kier alpha value is -2.49. The summed E-state index contributed by atoms with van der Waals surface area (Å²) in [4.78, 5) is 10.8. The molecule has 0 amide bonds. The van der Waals surface area contributed by atoms with E-state index in [1.54, 1.807) is 19.2 Å². The van der Waals surface area contributed by atoms with Gasteiger partial charge in [-0.3, -0.25) is 4.79 Å². The minimum absolute atomic E-state index is 0.323. The smallest absolute Gasteiger partial charge is 0.308 e. The molecule has 0 aliphatic heterocycles. The van der Waals surface area contributed by atoms with Crippen molar-refractivity contribution in [3.05, 3.63) is 48.5 Å². The van der Waals surface area contributed by atoms with Crippen LogP contribution in [0.15, 0.2) is 48.5 Å². The quantitative estimate of drug-likeness (QED) is 0.674. The van der Waals surface area contributed by atoms with Crippen LogP contribution >= 0.6 is 0 Å². The summed E-state index contributed by atoms with van der Waals surface area (Å²) in [5.74, 6) is 1.03. The number of carbonyl (C=O) groups is 1. The molecule has 0 aliphatic rings. The summed E-state index contributed by atoms with van der Waals surface area (Å²) >= 11 is 0. The Morgan fingerprint density at radius 3 is 1.79 bits per heavy atom. The van der Waals surface area contributed by atoms with Crippen molar-refractivity contribution in [2.24, 2.45) is 0 Å². The summed E-state index contributed by atoms with van der Waals surface area (Å²) < 4.78 is 10.1. The Labute approximate surface area is 112 Å². The summed E-state index contributed by atoms with van der Waals surface area (Å²) in [6, 6.07) is 14.8. The lowest BCUT2D eigenvalue weighted by Gasteiger charge is -2.08. The maximum absolute atomic E-state index is 10.8. The Bertz CT molecular complexity index is 547. The van der Waals surface area contributed by atoms with Gasteiger partial charge in [-0.25, -0.2) is 0 Å². The van der Waals surface area contributed by atoms with E-state index in [-0.39, 0.29) is 5.97 Å². The van der Waals surface area contributed by atoms with Crippen molar-refractivity contribution < 1.29 is 14.3 Å². The van der Waals surface area contributed by atoms with Crippen molar-refractivity contribution in [1.82, 2.24) is 0 Å². The normalized spacial score (nSPS) is 9.79. The van der Waals surface area contributed by atoms with Gasteiger partial charge >= 0.3 is 5.97 Å². The third-order valence-corrected chi connectivity index (χ3v) is 2.49. The van der Waals surface area contributed by atoms with E-state index >= 15 is 0 Å². The van der Waals surface area contributed by atoms with E-state index in [1.807, 2.05) is 36.4 Å². The summed E-state index contributed by atoms with van der Waals surface area (Å²) in [5, 5.41) is 3.24. The average Bonchev–Trinajstić information content (AvgIpc) is 2.41. The van der Waals surface area contributed by atoms with Gasteiger partial charge in [0.2, 0.25) is 0 Å². The Kier molecular flexibility index (Phi) is 4.03. The minimum atomic E-state index is -0.323. The van der Waals surface area contributed by atoms with Gasteiger partial charge in [0, 0.05) is 18.3 Å². The SMILES string of the molecule is COc1ccc(Nc2ccc(OC(C)=O)cc2)cc1. The van der Waals surface area contributed by atoms with Gasteiger partial charge in [0.05, 0.1) is 7.11 Å². The molecule has 0 bridgehead atoms. The van der Waals surface area contributed by atoms with Crippen molar-refractivity contribution in [2.45, 2.75) is 6.92 Å². The zero-order valence-electron chi connectivity index (χ0n) is 10.8. The van der Waals surface area contributed by atoms with Crippen LogP contribution in [0, 0.1) is 0 Å². The van der Waals surface area contributed by atoms with Crippen LogP contribution in [0.25, 0.3) is 0 Å². The molecule has 0 spiro atoms. The number of nitrogens with one attached hydrogen (secondary N) is 1.